The highest BCUT2D eigenvalue weighted by molar-refractivity contribution is 7.97. The zero-order chi connectivity index (χ0) is 18.0. The number of alkyl halides is 1. The first-order valence-corrected chi connectivity index (χ1v) is 10.1. The summed E-state index contributed by atoms with van der Waals surface area (Å²) in [5.74, 6) is 0.397. The smallest absolute Gasteiger partial charge is 0.357 e. The molecule has 0 saturated carbocycles. The van der Waals surface area contributed by atoms with E-state index in [4.69, 9.17) is 9.29 Å². The van der Waals surface area contributed by atoms with Gasteiger partial charge in [-0.3, -0.25) is 4.55 Å². The minimum Gasteiger partial charge on any atom is -0.458 e. The van der Waals surface area contributed by atoms with Crippen molar-refractivity contribution >= 4 is 27.0 Å². The van der Waals surface area contributed by atoms with E-state index in [0.29, 0.717) is 11.5 Å². The Kier molecular flexibility index (Phi) is 4.98. The van der Waals surface area contributed by atoms with Crippen molar-refractivity contribution in [3.63, 3.8) is 0 Å². The molecule has 0 spiro atoms. The highest BCUT2D eigenvalue weighted by Crippen LogP contribution is 2.43. The maximum absolute atomic E-state index is 13.2. The number of ether oxygens (including phenoxy) is 2. The lowest BCUT2D eigenvalue weighted by atomic mass is 10.3. The summed E-state index contributed by atoms with van der Waals surface area (Å²) in [5, 5.41) is 0. The van der Waals surface area contributed by atoms with Gasteiger partial charge in [-0.15, -0.1) is 0 Å². The van der Waals surface area contributed by atoms with Gasteiger partial charge in [-0.1, -0.05) is 24.3 Å². The molecule has 9 heteroatoms. The van der Waals surface area contributed by atoms with Crippen LogP contribution in [0.4, 0.5) is 4.39 Å². The Bertz CT molecular complexity index is 854. The summed E-state index contributed by atoms with van der Waals surface area (Å²) >= 11 is 0. The molecule has 2 aromatic carbocycles. The van der Waals surface area contributed by atoms with Crippen molar-refractivity contribution in [2.24, 2.45) is 0 Å². The van der Waals surface area contributed by atoms with Gasteiger partial charge in [0.15, 0.2) is 11.5 Å². The molecule has 0 saturated heterocycles. The van der Waals surface area contributed by atoms with E-state index >= 15 is 0 Å². The SMILES string of the molecule is O=C(C[S+]1c2ccccc2Oc2ccccc21)OCC(F)S(=O)(=O)O. The zero-order valence-corrected chi connectivity index (χ0v) is 14.4. The lowest BCUT2D eigenvalue weighted by Crippen LogP contribution is -2.27. The second-order valence-corrected chi connectivity index (χ2v) is 8.63. The average molecular weight is 385 g/mol. The van der Waals surface area contributed by atoms with Gasteiger partial charge in [-0.05, 0) is 24.3 Å². The van der Waals surface area contributed by atoms with Gasteiger partial charge in [0.05, 0.1) is 10.9 Å². The fraction of sp³-hybridized carbons (Fsp3) is 0.188. The van der Waals surface area contributed by atoms with Crippen molar-refractivity contribution in [1.82, 2.24) is 0 Å². The monoisotopic (exact) mass is 385 g/mol. The molecule has 1 heterocycles. The van der Waals surface area contributed by atoms with Gasteiger partial charge < -0.3 is 9.47 Å². The van der Waals surface area contributed by atoms with Crippen LogP contribution < -0.4 is 4.74 Å². The van der Waals surface area contributed by atoms with Gasteiger partial charge >= 0.3 is 16.1 Å². The lowest BCUT2D eigenvalue weighted by molar-refractivity contribution is -0.141. The fourth-order valence-electron chi connectivity index (χ4n) is 2.27. The Morgan fingerprint density at radius 2 is 1.64 bits per heavy atom. The maximum Gasteiger partial charge on any atom is 0.357 e. The Morgan fingerprint density at radius 1 is 1.12 bits per heavy atom. The number of carbonyl (C=O) groups excluding carboxylic acids is 1. The van der Waals surface area contributed by atoms with Crippen molar-refractivity contribution < 1.29 is 31.6 Å². The van der Waals surface area contributed by atoms with Gasteiger partial charge in [0.25, 0.3) is 5.50 Å². The molecule has 2 aromatic rings. The van der Waals surface area contributed by atoms with E-state index in [1.165, 1.54) is 0 Å². The molecule has 1 unspecified atom stereocenters. The second-order valence-electron chi connectivity index (χ2n) is 5.14. The van der Waals surface area contributed by atoms with Crippen LogP contribution in [0.2, 0.25) is 0 Å². The Morgan fingerprint density at radius 3 is 2.16 bits per heavy atom. The van der Waals surface area contributed by atoms with E-state index in [1.54, 1.807) is 12.1 Å². The molecule has 0 aromatic heterocycles. The molecule has 1 atom stereocenters. The normalized spacial score (nSPS) is 14.8. The van der Waals surface area contributed by atoms with Gasteiger partial charge in [0.1, 0.15) is 6.61 Å². The lowest BCUT2D eigenvalue weighted by Gasteiger charge is -2.19. The molecule has 132 valence electrons. The largest absolute Gasteiger partial charge is 0.458 e. The number of halogens is 1. The molecule has 0 bridgehead atoms. The number of hydrogen-bond donors (Lipinski definition) is 1. The van der Waals surface area contributed by atoms with E-state index in [1.807, 2.05) is 36.4 Å². The van der Waals surface area contributed by atoms with Crippen LogP contribution in [-0.4, -0.2) is 36.8 Å². The third kappa shape index (κ3) is 3.94. The molecule has 0 aliphatic carbocycles. The quantitative estimate of drug-likeness (QED) is 0.483. The highest BCUT2D eigenvalue weighted by Gasteiger charge is 2.39. The molecule has 0 fully saturated rings. The van der Waals surface area contributed by atoms with Crippen LogP contribution in [0.3, 0.4) is 0 Å². The van der Waals surface area contributed by atoms with Gasteiger partial charge in [-0.25, -0.2) is 9.18 Å². The molecular formula is C16H14FO6S2+. The van der Waals surface area contributed by atoms with Crippen LogP contribution in [0.5, 0.6) is 11.5 Å². The number of para-hydroxylation sites is 2. The van der Waals surface area contributed by atoms with Gasteiger partial charge in [-0.2, -0.15) is 8.42 Å². The predicted molar refractivity (Wildman–Crippen MR) is 89.1 cm³/mol. The first-order chi connectivity index (χ1) is 11.9. The van der Waals surface area contributed by atoms with Crippen LogP contribution >= 0.6 is 0 Å². The fourth-order valence-corrected chi connectivity index (χ4v) is 4.57. The topological polar surface area (TPSA) is 89.9 Å². The van der Waals surface area contributed by atoms with Crippen molar-refractivity contribution in [1.29, 1.82) is 0 Å². The number of hydrogen-bond acceptors (Lipinski definition) is 5. The Labute approximate surface area is 146 Å². The van der Waals surface area contributed by atoms with Crippen molar-refractivity contribution in [2.75, 3.05) is 12.4 Å². The molecule has 1 aliphatic heterocycles. The maximum atomic E-state index is 13.2. The van der Waals surface area contributed by atoms with Crippen LogP contribution in [-0.2, 0) is 30.5 Å². The Hall–Kier alpha value is -2.10. The third-order valence-corrected chi connectivity index (χ3v) is 6.45. The van der Waals surface area contributed by atoms with E-state index < -0.39 is 39.1 Å². The summed E-state index contributed by atoms with van der Waals surface area (Å²) in [5.41, 5.74) is -2.66. The first-order valence-electron chi connectivity index (χ1n) is 7.19. The summed E-state index contributed by atoms with van der Waals surface area (Å²) in [6, 6.07) is 14.5. The average Bonchev–Trinajstić information content (AvgIpc) is 2.58. The van der Waals surface area contributed by atoms with Gasteiger partial charge in [0, 0.05) is 0 Å². The Balaban J connectivity index is 1.79. The van der Waals surface area contributed by atoms with Crippen LogP contribution in [0.25, 0.3) is 0 Å². The summed E-state index contributed by atoms with van der Waals surface area (Å²) < 4.78 is 53.5. The van der Waals surface area contributed by atoms with Crippen LogP contribution in [0.15, 0.2) is 58.3 Å². The molecule has 25 heavy (non-hydrogen) atoms. The molecular weight excluding hydrogens is 371 g/mol. The van der Waals surface area contributed by atoms with Crippen molar-refractivity contribution in [3.8, 4) is 11.5 Å². The number of fused-ring (bicyclic) bond motifs is 2. The van der Waals surface area contributed by atoms with E-state index in [0.717, 1.165) is 9.79 Å². The zero-order valence-electron chi connectivity index (χ0n) is 12.8. The number of esters is 1. The van der Waals surface area contributed by atoms with Crippen LogP contribution in [0, 0.1) is 0 Å². The molecule has 0 amide bonds. The van der Waals surface area contributed by atoms with E-state index in [2.05, 4.69) is 4.74 Å². The summed E-state index contributed by atoms with van der Waals surface area (Å²) in [6.07, 6.45) is 0. The molecule has 6 nitrogen and oxygen atoms in total. The molecule has 3 rings (SSSR count). The van der Waals surface area contributed by atoms with E-state index in [9.17, 15) is 17.6 Å². The summed E-state index contributed by atoms with van der Waals surface area (Å²) in [7, 11) is -5.58. The molecule has 1 aliphatic rings. The second kappa shape index (κ2) is 7.03. The minimum atomic E-state index is -4.89. The predicted octanol–water partition coefficient (Wildman–Crippen LogP) is 2.56. The summed E-state index contributed by atoms with van der Waals surface area (Å²) in [4.78, 5) is 13.7. The van der Waals surface area contributed by atoms with E-state index in [-0.39, 0.29) is 5.75 Å². The number of rotatable bonds is 5. The highest BCUT2D eigenvalue weighted by atomic mass is 32.2. The molecule has 0 radical (unpaired) electrons. The first kappa shape index (κ1) is 17.7. The standard InChI is InChI=1S/C16H13FO6S2/c17-15(25(19,20)21)9-22-16(18)10-24-13-7-3-1-5-11(13)23-12-6-2-4-8-14(12)24/h1-8,15H,9-10H2/p+1. The minimum absolute atomic E-state index is 0.0877. The van der Waals surface area contributed by atoms with Crippen molar-refractivity contribution in [2.45, 2.75) is 15.3 Å². The van der Waals surface area contributed by atoms with Gasteiger partial charge in [0.2, 0.25) is 15.5 Å². The third-order valence-electron chi connectivity index (χ3n) is 3.41. The summed E-state index contributed by atoms with van der Waals surface area (Å²) in [6.45, 7) is -1.05. The van der Waals surface area contributed by atoms with Crippen LogP contribution in [0.1, 0.15) is 0 Å². The van der Waals surface area contributed by atoms with Crippen molar-refractivity contribution in [3.05, 3.63) is 48.5 Å². The number of benzene rings is 2. The molecule has 1 N–H and O–H groups in total. The number of carbonyl (C=O) groups is 1.